The number of nitrogens with one attached hydrogen (secondary N) is 1. The molecular weight excluding hydrogens is 308 g/mol. The van der Waals surface area contributed by atoms with Crippen molar-refractivity contribution < 1.29 is 0 Å². The maximum atomic E-state index is 3.50. The second-order valence-electron chi connectivity index (χ2n) is 4.92. The topological polar surface area (TPSA) is 17.0 Å². The number of thiophene rings is 1. The first-order chi connectivity index (χ1) is 8.63. The molecule has 0 radical (unpaired) electrons. The molecule has 0 spiro atoms. The molecule has 0 saturated heterocycles. The van der Waals surface area contributed by atoms with Crippen LogP contribution in [0.15, 0.2) is 34.4 Å². The molecule has 2 aromatic rings. The van der Waals surface area contributed by atoms with E-state index in [0.717, 1.165) is 19.6 Å². The summed E-state index contributed by atoms with van der Waals surface area (Å²) in [5, 5.41) is 3.46. The van der Waals surface area contributed by atoms with Crippen LogP contribution in [0.2, 0.25) is 0 Å². The summed E-state index contributed by atoms with van der Waals surface area (Å²) in [5.41, 5.74) is 1.35. The highest BCUT2D eigenvalue weighted by Crippen LogP contribution is 2.22. The Morgan fingerprint density at radius 3 is 2.83 bits per heavy atom. The Hall–Kier alpha value is -0.580. The maximum Gasteiger partial charge on any atom is 0.0702 e. The fourth-order valence-electron chi connectivity index (χ4n) is 1.82. The van der Waals surface area contributed by atoms with Gasteiger partial charge in [0.2, 0.25) is 0 Å². The van der Waals surface area contributed by atoms with E-state index in [1.165, 1.54) is 14.2 Å². The molecule has 0 fully saturated rings. The van der Waals surface area contributed by atoms with Gasteiger partial charge in [0, 0.05) is 23.8 Å². The molecule has 2 nitrogen and oxygen atoms in total. The van der Waals surface area contributed by atoms with Crippen molar-refractivity contribution in [3.8, 4) is 0 Å². The Morgan fingerprint density at radius 2 is 2.17 bits per heavy atom. The molecule has 1 N–H and O–H groups in total. The van der Waals surface area contributed by atoms with E-state index in [-0.39, 0.29) is 0 Å². The second-order valence-corrected chi connectivity index (χ2v) is 7.47. The zero-order valence-corrected chi connectivity index (χ0v) is 13.2. The fraction of sp³-hybridized carbons (Fsp3) is 0.429. The van der Waals surface area contributed by atoms with Crippen LogP contribution < -0.4 is 5.32 Å². The van der Waals surface area contributed by atoms with Gasteiger partial charge >= 0.3 is 0 Å². The Labute approximate surface area is 121 Å². The van der Waals surface area contributed by atoms with Crippen molar-refractivity contribution in [2.45, 2.75) is 26.9 Å². The minimum absolute atomic E-state index is 0.704. The molecule has 0 bridgehead atoms. The summed E-state index contributed by atoms with van der Waals surface area (Å²) in [6.45, 7) is 7.45. The summed E-state index contributed by atoms with van der Waals surface area (Å²) < 4.78 is 3.44. The van der Waals surface area contributed by atoms with Crippen LogP contribution in [0.1, 0.15) is 24.3 Å². The van der Waals surface area contributed by atoms with E-state index in [0.29, 0.717) is 5.92 Å². The zero-order chi connectivity index (χ0) is 13.0. The van der Waals surface area contributed by atoms with Gasteiger partial charge in [-0.1, -0.05) is 13.8 Å². The molecule has 0 aliphatic heterocycles. The smallest absolute Gasteiger partial charge is 0.0702 e. The molecule has 98 valence electrons. The number of rotatable bonds is 6. The van der Waals surface area contributed by atoms with Crippen LogP contribution in [-0.4, -0.2) is 11.1 Å². The van der Waals surface area contributed by atoms with Gasteiger partial charge in [-0.2, -0.15) is 0 Å². The van der Waals surface area contributed by atoms with Gasteiger partial charge in [0.25, 0.3) is 0 Å². The van der Waals surface area contributed by atoms with E-state index < -0.39 is 0 Å². The third-order valence-electron chi connectivity index (χ3n) is 2.66. The minimum atomic E-state index is 0.704. The normalized spacial score (nSPS) is 11.3. The van der Waals surface area contributed by atoms with Gasteiger partial charge < -0.3 is 9.88 Å². The molecule has 0 amide bonds. The summed E-state index contributed by atoms with van der Waals surface area (Å²) in [7, 11) is 0. The molecule has 0 aliphatic rings. The first-order valence-electron chi connectivity index (χ1n) is 6.23. The average Bonchev–Trinajstić information content (AvgIpc) is 2.89. The van der Waals surface area contributed by atoms with Crippen molar-refractivity contribution in [2.75, 3.05) is 6.54 Å². The van der Waals surface area contributed by atoms with Crippen molar-refractivity contribution in [1.29, 1.82) is 0 Å². The van der Waals surface area contributed by atoms with Crippen molar-refractivity contribution in [2.24, 2.45) is 5.92 Å². The summed E-state index contributed by atoms with van der Waals surface area (Å²) in [4.78, 5) is 1.37. The molecular formula is C14H19BrN2S. The summed E-state index contributed by atoms with van der Waals surface area (Å²) in [6, 6.07) is 6.47. The second kappa shape index (κ2) is 6.55. The maximum absolute atomic E-state index is 3.50. The third-order valence-corrected chi connectivity index (χ3v) is 4.27. The summed E-state index contributed by atoms with van der Waals surface area (Å²) >= 11 is 5.29. The number of hydrogen-bond acceptors (Lipinski definition) is 2. The number of aromatic nitrogens is 1. The highest BCUT2D eigenvalue weighted by atomic mass is 79.9. The van der Waals surface area contributed by atoms with Crippen molar-refractivity contribution in [3.63, 3.8) is 0 Å². The molecule has 2 aromatic heterocycles. The molecule has 2 heterocycles. The molecule has 18 heavy (non-hydrogen) atoms. The van der Waals surface area contributed by atoms with Gasteiger partial charge in [0.15, 0.2) is 0 Å². The van der Waals surface area contributed by atoms with E-state index in [1.807, 2.05) is 0 Å². The van der Waals surface area contributed by atoms with Gasteiger partial charge in [-0.3, -0.25) is 0 Å². The SMILES string of the molecule is CC(C)CNCc1ccn(Cc2ccc(Br)s2)c1. The van der Waals surface area contributed by atoms with Gasteiger partial charge in [0.1, 0.15) is 0 Å². The van der Waals surface area contributed by atoms with Gasteiger partial charge in [0.05, 0.1) is 10.3 Å². The summed E-state index contributed by atoms with van der Waals surface area (Å²) in [5.74, 6) is 0.704. The van der Waals surface area contributed by atoms with Crippen LogP contribution in [0.4, 0.5) is 0 Å². The van der Waals surface area contributed by atoms with E-state index in [2.05, 4.69) is 70.3 Å². The first kappa shape index (κ1) is 13.8. The van der Waals surface area contributed by atoms with Crippen LogP contribution in [0, 0.1) is 5.92 Å². The predicted octanol–water partition coefficient (Wildman–Crippen LogP) is 4.11. The molecule has 0 saturated carbocycles. The number of halogens is 1. The lowest BCUT2D eigenvalue weighted by Crippen LogP contribution is -2.18. The lowest BCUT2D eigenvalue weighted by atomic mass is 10.2. The minimum Gasteiger partial charge on any atom is -0.349 e. The Morgan fingerprint density at radius 1 is 1.33 bits per heavy atom. The van der Waals surface area contributed by atoms with E-state index >= 15 is 0 Å². The van der Waals surface area contributed by atoms with Gasteiger partial charge in [-0.05, 0) is 52.2 Å². The Balaban J connectivity index is 1.86. The standard InChI is InChI=1S/C14H19BrN2S/c1-11(2)7-16-8-12-5-6-17(9-12)10-13-3-4-14(15)18-13/h3-6,9,11,16H,7-8,10H2,1-2H3. The van der Waals surface area contributed by atoms with Gasteiger partial charge in [-0.25, -0.2) is 0 Å². The highest BCUT2D eigenvalue weighted by molar-refractivity contribution is 9.11. The number of hydrogen-bond donors (Lipinski definition) is 1. The van der Waals surface area contributed by atoms with E-state index in [4.69, 9.17) is 0 Å². The average molecular weight is 327 g/mol. The lowest BCUT2D eigenvalue weighted by Gasteiger charge is -2.05. The lowest BCUT2D eigenvalue weighted by molar-refractivity contribution is 0.552. The predicted molar refractivity (Wildman–Crippen MR) is 82.1 cm³/mol. The van der Waals surface area contributed by atoms with Crippen molar-refractivity contribution >= 4 is 27.3 Å². The van der Waals surface area contributed by atoms with Crippen LogP contribution in [0.5, 0.6) is 0 Å². The first-order valence-corrected chi connectivity index (χ1v) is 7.84. The largest absolute Gasteiger partial charge is 0.349 e. The van der Waals surface area contributed by atoms with E-state index in [1.54, 1.807) is 11.3 Å². The Kier molecular flexibility index (Phi) is 5.03. The number of nitrogens with zero attached hydrogens (tertiary/aromatic N) is 1. The van der Waals surface area contributed by atoms with Crippen LogP contribution in [-0.2, 0) is 13.1 Å². The van der Waals surface area contributed by atoms with Crippen LogP contribution in [0.3, 0.4) is 0 Å². The van der Waals surface area contributed by atoms with E-state index in [9.17, 15) is 0 Å². The van der Waals surface area contributed by atoms with Crippen LogP contribution >= 0.6 is 27.3 Å². The molecule has 0 aromatic carbocycles. The molecule has 4 heteroatoms. The molecule has 0 atom stereocenters. The zero-order valence-electron chi connectivity index (χ0n) is 10.8. The Bertz CT molecular complexity index is 487. The quantitative estimate of drug-likeness (QED) is 0.845. The summed E-state index contributed by atoms with van der Waals surface area (Å²) in [6.07, 6.45) is 4.38. The van der Waals surface area contributed by atoms with Gasteiger partial charge in [-0.15, -0.1) is 11.3 Å². The fourth-order valence-corrected chi connectivity index (χ4v) is 3.31. The van der Waals surface area contributed by atoms with Crippen LogP contribution in [0.25, 0.3) is 0 Å². The van der Waals surface area contributed by atoms with Crippen molar-refractivity contribution in [3.05, 3.63) is 44.8 Å². The third kappa shape index (κ3) is 4.26. The monoisotopic (exact) mass is 326 g/mol. The molecule has 0 aliphatic carbocycles. The highest BCUT2D eigenvalue weighted by Gasteiger charge is 2.01. The van der Waals surface area contributed by atoms with Crippen molar-refractivity contribution in [1.82, 2.24) is 9.88 Å². The molecule has 0 unspecified atom stereocenters. The molecule has 2 rings (SSSR count).